The Kier molecular flexibility index (Phi) is 1.95. The van der Waals surface area contributed by atoms with Gasteiger partial charge in [0.15, 0.2) is 0 Å². The fraction of sp³-hybridized carbons (Fsp3) is 0.111. The minimum atomic E-state index is -1.12. The van der Waals surface area contributed by atoms with Crippen molar-refractivity contribution in [3.05, 3.63) is 28.1 Å². The Morgan fingerprint density at radius 3 is 2.77 bits per heavy atom. The Bertz CT molecular complexity index is 478. The van der Waals surface area contributed by atoms with Crippen LogP contribution in [0.4, 0.5) is 5.69 Å². The molecule has 2 N–H and O–H groups in total. The summed E-state index contributed by atoms with van der Waals surface area (Å²) in [7, 11) is -1.12. The van der Waals surface area contributed by atoms with Gasteiger partial charge >= 0.3 is 0 Å². The minimum absolute atomic E-state index is 0.524. The van der Waals surface area contributed by atoms with E-state index >= 15 is 0 Å². The van der Waals surface area contributed by atoms with Crippen molar-refractivity contribution in [1.82, 2.24) is 0 Å². The van der Waals surface area contributed by atoms with E-state index in [2.05, 4.69) is 0 Å². The summed E-state index contributed by atoms with van der Waals surface area (Å²) in [4.78, 5) is 0.801. The van der Waals surface area contributed by atoms with Crippen LogP contribution in [-0.2, 0) is 0 Å². The molecule has 2 rings (SSSR count). The average Bonchev–Trinajstić information content (AvgIpc) is 2.38. The van der Waals surface area contributed by atoms with E-state index in [9.17, 15) is 4.55 Å². The normalized spacial score (nSPS) is 12.4. The molecule has 1 aromatic heterocycles. The Labute approximate surface area is 83.7 Å². The van der Waals surface area contributed by atoms with Crippen LogP contribution in [0, 0.1) is 6.92 Å². The molecule has 0 aliphatic heterocycles. The number of aryl methyl sites for hydroxylation is 1. The summed E-state index contributed by atoms with van der Waals surface area (Å²) < 4.78 is 12.3. The topological polar surface area (TPSA) is 49.1 Å². The van der Waals surface area contributed by atoms with E-state index in [-0.39, 0.29) is 0 Å². The number of halogens is 1. The van der Waals surface area contributed by atoms with E-state index in [1.807, 2.05) is 13.0 Å². The summed E-state index contributed by atoms with van der Waals surface area (Å²) in [6, 6.07) is 5.24. The van der Waals surface area contributed by atoms with Gasteiger partial charge in [-0.1, -0.05) is 11.6 Å². The summed E-state index contributed by atoms with van der Waals surface area (Å²) in [5.41, 5.74) is 6.36. The smallest absolute Gasteiger partial charge is 0.200 e. The highest BCUT2D eigenvalue weighted by atomic mass is 35.5. The van der Waals surface area contributed by atoms with Crippen LogP contribution in [0.5, 0.6) is 0 Å². The van der Waals surface area contributed by atoms with E-state index in [1.165, 1.54) is 0 Å². The molecule has 2 nitrogen and oxygen atoms in total. The highest BCUT2D eigenvalue weighted by molar-refractivity contribution is 7.32. The second-order valence-electron chi connectivity index (χ2n) is 2.90. The van der Waals surface area contributed by atoms with Crippen LogP contribution < -0.4 is 5.73 Å². The van der Waals surface area contributed by atoms with Crippen molar-refractivity contribution < 1.29 is 4.55 Å². The number of benzene rings is 1. The van der Waals surface area contributed by atoms with Crippen LogP contribution >= 0.6 is 22.4 Å². The van der Waals surface area contributed by atoms with E-state index in [0.717, 1.165) is 10.3 Å². The van der Waals surface area contributed by atoms with Crippen LogP contribution in [0.2, 0.25) is 5.02 Å². The van der Waals surface area contributed by atoms with Crippen molar-refractivity contribution in [2.75, 3.05) is 5.73 Å². The van der Waals surface area contributed by atoms with Crippen molar-refractivity contribution in [3.63, 3.8) is 0 Å². The number of fused-ring (bicyclic) bond motifs is 1. The molecule has 0 aliphatic rings. The molecule has 0 radical (unpaired) electrons. The van der Waals surface area contributed by atoms with Crippen molar-refractivity contribution in [2.24, 2.45) is 0 Å². The number of rotatable bonds is 0. The van der Waals surface area contributed by atoms with Gasteiger partial charge < -0.3 is 10.3 Å². The second kappa shape index (κ2) is 2.87. The van der Waals surface area contributed by atoms with Gasteiger partial charge in [0.25, 0.3) is 0 Å². The summed E-state index contributed by atoms with van der Waals surface area (Å²) in [6.07, 6.45) is 0. The van der Waals surface area contributed by atoms with E-state index in [1.54, 1.807) is 12.1 Å². The summed E-state index contributed by atoms with van der Waals surface area (Å²) in [5.74, 6) is 0. The van der Waals surface area contributed by atoms with Gasteiger partial charge in [0, 0.05) is 18.7 Å². The molecule has 1 aromatic carbocycles. The lowest BCUT2D eigenvalue weighted by Gasteiger charge is -1.96. The molecule has 0 bridgehead atoms. The quantitative estimate of drug-likeness (QED) is 0.540. The first-order valence-corrected chi connectivity index (χ1v) is 5.32. The fourth-order valence-electron chi connectivity index (χ4n) is 1.34. The first-order chi connectivity index (χ1) is 6.11. The average molecular weight is 214 g/mol. The molecule has 0 fully saturated rings. The van der Waals surface area contributed by atoms with Crippen molar-refractivity contribution in [1.29, 1.82) is 0 Å². The SMILES string of the molecule is Cc1cc2c(N)ccc(Cl)c2[s+]1[O-]. The van der Waals surface area contributed by atoms with Crippen molar-refractivity contribution in [3.8, 4) is 0 Å². The van der Waals surface area contributed by atoms with Crippen molar-refractivity contribution >= 4 is 38.1 Å². The molecule has 0 aliphatic carbocycles. The molecule has 1 heterocycles. The molecule has 0 amide bonds. The zero-order valence-corrected chi connectivity index (χ0v) is 8.58. The maximum atomic E-state index is 11.7. The summed E-state index contributed by atoms with van der Waals surface area (Å²) >= 11 is 5.92. The number of hydrogen-bond donors (Lipinski definition) is 1. The third-order valence-electron chi connectivity index (χ3n) is 2.01. The highest BCUT2D eigenvalue weighted by Crippen LogP contribution is 2.40. The van der Waals surface area contributed by atoms with Crippen molar-refractivity contribution in [2.45, 2.75) is 6.92 Å². The monoisotopic (exact) mass is 213 g/mol. The predicted octanol–water partition coefficient (Wildman–Crippen LogP) is 3.11. The molecule has 2 aromatic rings. The standard InChI is InChI=1S/C9H8ClNOS/c1-5-4-6-8(11)3-2-7(10)9(6)13(5)12/h2-4H,11H2,1H3. The second-order valence-corrected chi connectivity index (χ2v) is 4.90. The minimum Gasteiger partial charge on any atom is -0.590 e. The molecular weight excluding hydrogens is 206 g/mol. The number of nitrogen functional groups attached to an aromatic ring is 1. The maximum absolute atomic E-state index is 11.7. The van der Waals surface area contributed by atoms with E-state index in [0.29, 0.717) is 15.4 Å². The predicted molar refractivity (Wildman–Crippen MR) is 56.8 cm³/mol. The van der Waals surface area contributed by atoms with Crippen LogP contribution in [0.25, 0.3) is 10.1 Å². The van der Waals surface area contributed by atoms with Gasteiger partial charge in [0.2, 0.25) is 4.70 Å². The molecular formula is C9H8ClNOS. The number of thiophene rings is 1. The molecule has 0 saturated heterocycles. The molecule has 1 atom stereocenters. The Morgan fingerprint density at radius 1 is 1.46 bits per heavy atom. The van der Waals surface area contributed by atoms with Gasteiger partial charge in [-0.3, -0.25) is 0 Å². The Hall–Kier alpha value is -0.770. The number of hydrogen-bond acceptors (Lipinski definition) is 2. The zero-order valence-electron chi connectivity index (χ0n) is 7.00. The largest absolute Gasteiger partial charge is 0.590 e. The van der Waals surface area contributed by atoms with E-state index < -0.39 is 10.8 Å². The fourth-order valence-corrected chi connectivity index (χ4v) is 2.89. The summed E-state index contributed by atoms with van der Waals surface area (Å²) in [5, 5.41) is 1.33. The maximum Gasteiger partial charge on any atom is 0.200 e. The Morgan fingerprint density at radius 2 is 2.15 bits per heavy atom. The molecule has 13 heavy (non-hydrogen) atoms. The van der Waals surface area contributed by atoms with Crippen LogP contribution in [0.1, 0.15) is 4.88 Å². The van der Waals surface area contributed by atoms with Crippen LogP contribution in [0.15, 0.2) is 18.2 Å². The third-order valence-corrected chi connectivity index (χ3v) is 3.95. The van der Waals surface area contributed by atoms with Crippen LogP contribution in [0.3, 0.4) is 0 Å². The first kappa shape index (κ1) is 8.81. The van der Waals surface area contributed by atoms with Gasteiger partial charge in [-0.25, -0.2) is 0 Å². The molecule has 1 unspecified atom stereocenters. The number of anilines is 1. The molecule has 4 heteroatoms. The zero-order chi connectivity index (χ0) is 9.59. The van der Waals surface area contributed by atoms with E-state index in [4.69, 9.17) is 17.3 Å². The Balaban J connectivity index is 3.00. The van der Waals surface area contributed by atoms with Gasteiger partial charge in [-0.2, -0.15) is 0 Å². The number of nitrogens with two attached hydrogens (primary N) is 1. The lowest BCUT2D eigenvalue weighted by Crippen LogP contribution is -1.83. The van der Waals surface area contributed by atoms with Gasteiger partial charge in [0.1, 0.15) is 9.90 Å². The first-order valence-electron chi connectivity index (χ1n) is 3.79. The van der Waals surface area contributed by atoms with Gasteiger partial charge in [-0.15, -0.1) is 0 Å². The highest BCUT2D eigenvalue weighted by Gasteiger charge is 2.15. The molecule has 0 spiro atoms. The summed E-state index contributed by atoms with van der Waals surface area (Å²) in [6.45, 7) is 1.81. The molecule has 0 saturated carbocycles. The van der Waals surface area contributed by atoms with Gasteiger partial charge in [0.05, 0.1) is 5.39 Å². The van der Waals surface area contributed by atoms with Crippen LogP contribution in [-0.4, -0.2) is 4.55 Å². The third kappa shape index (κ3) is 1.20. The lowest BCUT2D eigenvalue weighted by atomic mass is 10.2. The lowest BCUT2D eigenvalue weighted by molar-refractivity contribution is 0.598. The van der Waals surface area contributed by atoms with Gasteiger partial charge in [-0.05, 0) is 22.9 Å². The molecule has 68 valence electrons.